The summed E-state index contributed by atoms with van der Waals surface area (Å²) >= 11 is 0. The van der Waals surface area contributed by atoms with Crippen LogP contribution in [0.3, 0.4) is 0 Å². The van der Waals surface area contributed by atoms with Gasteiger partial charge in [0.1, 0.15) is 5.69 Å². The van der Waals surface area contributed by atoms with Gasteiger partial charge in [-0.05, 0) is 44.6 Å². The number of aromatic nitrogens is 1. The van der Waals surface area contributed by atoms with E-state index in [-0.39, 0.29) is 11.9 Å². The number of esters is 1. The molecule has 0 unspecified atom stereocenters. The molecule has 23 heavy (non-hydrogen) atoms. The molecule has 2 heterocycles. The molecule has 1 aromatic rings. The summed E-state index contributed by atoms with van der Waals surface area (Å²) in [5, 5.41) is 0. The summed E-state index contributed by atoms with van der Waals surface area (Å²) in [7, 11) is 1.81. The zero-order chi connectivity index (χ0) is 17.3. The molecule has 0 saturated carbocycles. The van der Waals surface area contributed by atoms with Crippen molar-refractivity contribution in [1.29, 1.82) is 0 Å². The Morgan fingerprint density at radius 2 is 1.74 bits per heavy atom. The molecule has 0 N–H and O–H groups in total. The van der Waals surface area contributed by atoms with Crippen molar-refractivity contribution in [3.63, 3.8) is 0 Å². The first-order valence-electron chi connectivity index (χ1n) is 8.40. The number of hydrogen-bond acceptors (Lipinski definition) is 3. The fourth-order valence-corrected chi connectivity index (χ4v) is 3.77. The molecule has 5 heteroatoms. The Morgan fingerprint density at radius 3 is 2.26 bits per heavy atom. The lowest BCUT2D eigenvalue weighted by Crippen LogP contribution is -2.42. The highest BCUT2D eigenvalue weighted by Crippen LogP contribution is 2.27. The molecule has 1 fully saturated rings. The highest BCUT2D eigenvalue weighted by molar-refractivity contribution is 6.01. The van der Waals surface area contributed by atoms with Crippen LogP contribution in [-0.4, -0.2) is 41.0 Å². The molecule has 1 aromatic heterocycles. The third kappa shape index (κ3) is 3.28. The lowest BCUT2D eigenvalue weighted by Gasteiger charge is -2.35. The maximum absolute atomic E-state index is 13.0. The fourth-order valence-electron chi connectivity index (χ4n) is 3.77. The van der Waals surface area contributed by atoms with Crippen molar-refractivity contribution in [3.8, 4) is 0 Å². The molecule has 2 atom stereocenters. The summed E-state index contributed by atoms with van der Waals surface area (Å²) < 4.78 is 6.91. The molecular formula is C18H28N2O3. The van der Waals surface area contributed by atoms with Crippen LogP contribution >= 0.6 is 0 Å². The van der Waals surface area contributed by atoms with Gasteiger partial charge in [-0.15, -0.1) is 0 Å². The van der Waals surface area contributed by atoms with Gasteiger partial charge in [0.05, 0.1) is 12.2 Å². The quantitative estimate of drug-likeness (QED) is 0.805. The number of nitrogens with zero attached hydrogens (tertiary/aromatic N) is 2. The Morgan fingerprint density at radius 1 is 1.17 bits per heavy atom. The second-order valence-electron chi connectivity index (χ2n) is 6.87. The van der Waals surface area contributed by atoms with Gasteiger partial charge < -0.3 is 14.2 Å². The normalized spacial score (nSPS) is 21.4. The van der Waals surface area contributed by atoms with E-state index in [2.05, 4.69) is 13.8 Å². The largest absolute Gasteiger partial charge is 0.461 e. The van der Waals surface area contributed by atoms with Crippen LogP contribution in [0.25, 0.3) is 0 Å². The second-order valence-corrected chi connectivity index (χ2v) is 6.87. The SMILES string of the molecule is CCOC(=O)c1c(C)c(C(=O)N2C[C@H](C)C[C@H](C)C2)c(C)n1C. The monoisotopic (exact) mass is 320 g/mol. The second kappa shape index (κ2) is 6.77. The average molecular weight is 320 g/mol. The molecule has 2 rings (SSSR count). The number of hydrogen-bond donors (Lipinski definition) is 0. The number of rotatable bonds is 3. The molecule has 0 bridgehead atoms. The van der Waals surface area contributed by atoms with E-state index in [9.17, 15) is 9.59 Å². The Kier molecular flexibility index (Phi) is 5.17. The van der Waals surface area contributed by atoms with Crippen molar-refractivity contribution in [2.24, 2.45) is 18.9 Å². The van der Waals surface area contributed by atoms with Crippen molar-refractivity contribution in [2.45, 2.75) is 41.0 Å². The van der Waals surface area contributed by atoms with Gasteiger partial charge in [-0.1, -0.05) is 13.8 Å². The van der Waals surface area contributed by atoms with Crippen molar-refractivity contribution < 1.29 is 14.3 Å². The molecule has 5 nitrogen and oxygen atoms in total. The summed E-state index contributed by atoms with van der Waals surface area (Å²) in [6.45, 7) is 11.8. The number of likely N-dealkylation sites (tertiary alicyclic amines) is 1. The first kappa shape index (κ1) is 17.6. The van der Waals surface area contributed by atoms with Crippen LogP contribution in [0, 0.1) is 25.7 Å². The van der Waals surface area contributed by atoms with Crippen LogP contribution in [-0.2, 0) is 11.8 Å². The van der Waals surface area contributed by atoms with Crippen molar-refractivity contribution >= 4 is 11.9 Å². The highest BCUT2D eigenvalue weighted by Gasteiger charge is 2.31. The number of piperidine rings is 1. The molecule has 0 aliphatic carbocycles. The van der Waals surface area contributed by atoms with Gasteiger partial charge in [-0.3, -0.25) is 4.79 Å². The number of ether oxygens (including phenoxy) is 1. The van der Waals surface area contributed by atoms with E-state index in [0.29, 0.717) is 29.7 Å². The standard InChI is InChI=1S/C18H28N2O3/c1-7-23-18(22)16-13(4)15(14(5)19(16)6)17(21)20-9-11(2)8-12(3)10-20/h11-12H,7-10H2,1-6H3/t11-,12+. The van der Waals surface area contributed by atoms with Crippen molar-refractivity contribution in [2.75, 3.05) is 19.7 Å². The lowest BCUT2D eigenvalue weighted by atomic mass is 9.91. The first-order chi connectivity index (χ1) is 10.8. The van der Waals surface area contributed by atoms with Gasteiger partial charge >= 0.3 is 5.97 Å². The van der Waals surface area contributed by atoms with Crippen LogP contribution in [0.5, 0.6) is 0 Å². The van der Waals surface area contributed by atoms with Gasteiger partial charge in [0.2, 0.25) is 0 Å². The van der Waals surface area contributed by atoms with E-state index in [4.69, 9.17) is 4.74 Å². The molecule has 1 aliphatic heterocycles. The summed E-state index contributed by atoms with van der Waals surface area (Å²) in [6, 6.07) is 0. The van der Waals surface area contributed by atoms with Crippen LogP contribution in [0.1, 0.15) is 59.3 Å². The van der Waals surface area contributed by atoms with E-state index in [0.717, 1.165) is 30.8 Å². The zero-order valence-electron chi connectivity index (χ0n) is 15.1. The van der Waals surface area contributed by atoms with E-state index in [1.54, 1.807) is 11.5 Å². The van der Waals surface area contributed by atoms with Crippen molar-refractivity contribution in [3.05, 3.63) is 22.5 Å². The molecular weight excluding hydrogens is 292 g/mol. The Balaban J connectivity index is 2.38. The highest BCUT2D eigenvalue weighted by atomic mass is 16.5. The van der Waals surface area contributed by atoms with Gasteiger partial charge in [0.15, 0.2) is 0 Å². The third-order valence-corrected chi connectivity index (χ3v) is 4.77. The maximum atomic E-state index is 13.0. The average Bonchev–Trinajstić information content (AvgIpc) is 2.68. The Bertz CT molecular complexity index is 608. The third-order valence-electron chi connectivity index (χ3n) is 4.77. The Labute approximate surface area is 138 Å². The first-order valence-corrected chi connectivity index (χ1v) is 8.40. The topological polar surface area (TPSA) is 51.5 Å². The predicted molar refractivity (Wildman–Crippen MR) is 89.7 cm³/mol. The fraction of sp³-hybridized carbons (Fsp3) is 0.667. The summed E-state index contributed by atoms with van der Waals surface area (Å²) in [5.74, 6) is 0.688. The van der Waals surface area contributed by atoms with Crippen LogP contribution < -0.4 is 0 Å². The minimum Gasteiger partial charge on any atom is -0.461 e. The number of amides is 1. The summed E-state index contributed by atoms with van der Waals surface area (Å²) in [6.07, 6.45) is 1.16. The van der Waals surface area contributed by atoms with E-state index in [1.165, 1.54) is 0 Å². The smallest absolute Gasteiger partial charge is 0.355 e. The van der Waals surface area contributed by atoms with Crippen LogP contribution in [0.2, 0.25) is 0 Å². The van der Waals surface area contributed by atoms with Crippen LogP contribution in [0.15, 0.2) is 0 Å². The summed E-state index contributed by atoms with van der Waals surface area (Å²) in [4.78, 5) is 27.2. The van der Waals surface area contributed by atoms with Crippen molar-refractivity contribution in [1.82, 2.24) is 9.47 Å². The van der Waals surface area contributed by atoms with E-state index < -0.39 is 0 Å². The zero-order valence-corrected chi connectivity index (χ0v) is 15.1. The van der Waals surface area contributed by atoms with Gasteiger partial charge in [-0.2, -0.15) is 0 Å². The molecule has 1 saturated heterocycles. The minimum absolute atomic E-state index is 0.0320. The van der Waals surface area contributed by atoms with Gasteiger partial charge in [0.25, 0.3) is 5.91 Å². The van der Waals surface area contributed by atoms with Gasteiger partial charge in [-0.25, -0.2) is 4.79 Å². The minimum atomic E-state index is -0.366. The maximum Gasteiger partial charge on any atom is 0.355 e. The number of carbonyl (C=O) groups is 2. The van der Waals surface area contributed by atoms with Gasteiger partial charge in [0, 0.05) is 25.8 Å². The molecule has 0 radical (unpaired) electrons. The van der Waals surface area contributed by atoms with E-state index in [1.807, 2.05) is 25.8 Å². The number of carbonyl (C=O) groups excluding carboxylic acids is 2. The lowest BCUT2D eigenvalue weighted by molar-refractivity contribution is 0.0514. The van der Waals surface area contributed by atoms with Crippen LogP contribution in [0.4, 0.5) is 0 Å². The predicted octanol–water partition coefficient (Wildman–Crippen LogP) is 2.94. The molecule has 1 amide bonds. The van der Waals surface area contributed by atoms with E-state index >= 15 is 0 Å². The molecule has 128 valence electrons. The molecule has 0 aromatic carbocycles. The Hall–Kier alpha value is -1.78. The molecule has 0 spiro atoms. The molecule has 1 aliphatic rings. The summed E-state index contributed by atoms with van der Waals surface area (Å²) in [5.41, 5.74) is 2.67.